The van der Waals surface area contributed by atoms with E-state index < -0.39 is 0 Å². The van der Waals surface area contributed by atoms with Gasteiger partial charge in [0.1, 0.15) is 5.76 Å². The Morgan fingerprint density at radius 2 is 2.17 bits per heavy atom. The van der Waals surface area contributed by atoms with Gasteiger partial charge in [0, 0.05) is 59.8 Å². The van der Waals surface area contributed by atoms with Crippen LogP contribution in [0.25, 0.3) is 0 Å². The summed E-state index contributed by atoms with van der Waals surface area (Å²) in [6.07, 6.45) is 1.63. The number of rotatable bonds is 6. The number of nitrogens with one attached hydrogen (secondary N) is 1. The molecule has 4 rings (SSSR count). The summed E-state index contributed by atoms with van der Waals surface area (Å²) in [7, 11) is 0. The van der Waals surface area contributed by atoms with Crippen LogP contribution in [-0.2, 0) is 25.9 Å². The fourth-order valence-electron chi connectivity index (χ4n) is 3.80. The molecular formula is C22H26N4O2S. The molecule has 0 atom stereocenters. The molecule has 1 aliphatic rings. The van der Waals surface area contributed by atoms with E-state index in [1.54, 1.807) is 11.3 Å². The summed E-state index contributed by atoms with van der Waals surface area (Å²) in [4.78, 5) is 20.9. The van der Waals surface area contributed by atoms with Gasteiger partial charge in [-0.1, -0.05) is 11.2 Å². The summed E-state index contributed by atoms with van der Waals surface area (Å²) in [5.74, 6) is 0.914. The first-order valence-corrected chi connectivity index (χ1v) is 10.8. The highest BCUT2D eigenvalue weighted by Crippen LogP contribution is 2.30. The van der Waals surface area contributed by atoms with Crippen molar-refractivity contribution in [1.29, 1.82) is 0 Å². The number of aromatic nitrogens is 2. The minimum absolute atomic E-state index is 0.0225. The number of nitrogens with zero attached hydrogens (tertiary/aromatic N) is 3. The summed E-state index contributed by atoms with van der Waals surface area (Å²) >= 11 is 1.68. The predicted octanol–water partition coefficient (Wildman–Crippen LogP) is 3.59. The summed E-state index contributed by atoms with van der Waals surface area (Å²) in [5, 5.41) is 9.12. The molecule has 0 radical (unpaired) electrons. The molecular weight excluding hydrogens is 384 g/mol. The molecule has 29 heavy (non-hydrogen) atoms. The van der Waals surface area contributed by atoms with E-state index in [2.05, 4.69) is 20.4 Å². The first-order chi connectivity index (χ1) is 14.0. The third-order valence-corrected chi connectivity index (χ3v) is 6.46. The molecule has 1 aliphatic heterocycles. The normalized spacial score (nSPS) is 14.0. The average molecular weight is 411 g/mol. The van der Waals surface area contributed by atoms with E-state index in [9.17, 15) is 4.79 Å². The van der Waals surface area contributed by atoms with Gasteiger partial charge >= 0.3 is 0 Å². The number of amides is 1. The van der Waals surface area contributed by atoms with E-state index in [1.165, 1.54) is 16.0 Å². The fourth-order valence-corrected chi connectivity index (χ4v) is 4.92. The van der Waals surface area contributed by atoms with Gasteiger partial charge < -0.3 is 9.84 Å². The van der Waals surface area contributed by atoms with Gasteiger partial charge in [-0.05, 0) is 44.9 Å². The molecule has 152 valence electrons. The van der Waals surface area contributed by atoms with Crippen LogP contribution in [-0.4, -0.2) is 34.0 Å². The highest BCUT2D eigenvalue weighted by molar-refractivity contribution is 7.10. The van der Waals surface area contributed by atoms with Crippen molar-refractivity contribution >= 4 is 17.2 Å². The number of hydrogen-bond acceptors (Lipinski definition) is 6. The molecule has 0 saturated heterocycles. The van der Waals surface area contributed by atoms with Crippen molar-refractivity contribution in [3.63, 3.8) is 0 Å². The zero-order valence-electron chi connectivity index (χ0n) is 17.1. The summed E-state index contributed by atoms with van der Waals surface area (Å²) < 4.78 is 5.29. The van der Waals surface area contributed by atoms with Crippen LogP contribution in [0.4, 0.5) is 0 Å². The van der Waals surface area contributed by atoms with Gasteiger partial charge in [-0.25, -0.2) is 0 Å². The minimum Gasteiger partial charge on any atom is -0.361 e. The Bertz CT molecular complexity index is 1000. The van der Waals surface area contributed by atoms with Crippen LogP contribution < -0.4 is 5.32 Å². The molecule has 0 aliphatic carbocycles. The van der Waals surface area contributed by atoms with Crippen LogP contribution >= 0.6 is 11.3 Å². The number of fused-ring (bicyclic) bond motifs is 1. The number of pyridine rings is 1. The lowest BCUT2D eigenvalue weighted by molar-refractivity contribution is 0.0952. The molecule has 3 aromatic rings. The van der Waals surface area contributed by atoms with E-state index in [0.29, 0.717) is 6.54 Å². The molecule has 0 unspecified atom stereocenters. The van der Waals surface area contributed by atoms with Gasteiger partial charge in [-0.2, -0.15) is 0 Å². The van der Waals surface area contributed by atoms with Gasteiger partial charge in [0.2, 0.25) is 0 Å². The fraction of sp³-hybridized carbons (Fsp3) is 0.409. The molecule has 0 saturated carbocycles. The number of hydrogen-bond donors (Lipinski definition) is 1. The summed E-state index contributed by atoms with van der Waals surface area (Å²) in [6, 6.07) is 5.98. The Hall–Kier alpha value is -2.51. The maximum atomic E-state index is 12.7. The SMILES string of the molecule is Cc1cccc(CCNC(=O)c2csc3c2CCN(Cc2c(C)noc2C)C3)n1. The van der Waals surface area contributed by atoms with Gasteiger partial charge in [0.25, 0.3) is 5.91 Å². The quantitative estimate of drug-likeness (QED) is 0.672. The van der Waals surface area contributed by atoms with E-state index in [-0.39, 0.29) is 5.91 Å². The Labute approximate surface area is 174 Å². The second-order valence-corrected chi connectivity index (χ2v) is 8.55. The second-order valence-electron chi connectivity index (χ2n) is 7.59. The lowest BCUT2D eigenvalue weighted by Crippen LogP contribution is -2.31. The van der Waals surface area contributed by atoms with E-state index in [0.717, 1.165) is 60.9 Å². The van der Waals surface area contributed by atoms with Crippen LogP contribution in [0, 0.1) is 20.8 Å². The number of carbonyl (C=O) groups excluding carboxylic acids is 1. The molecule has 6 nitrogen and oxygen atoms in total. The Kier molecular flexibility index (Phi) is 5.78. The van der Waals surface area contributed by atoms with Crippen molar-refractivity contribution in [3.05, 3.63) is 68.0 Å². The zero-order chi connectivity index (χ0) is 20.4. The van der Waals surface area contributed by atoms with E-state index in [4.69, 9.17) is 4.52 Å². The Morgan fingerprint density at radius 1 is 1.31 bits per heavy atom. The molecule has 0 fully saturated rings. The number of carbonyl (C=O) groups is 1. The standard InChI is InChI=1S/C22H26N4O2S/c1-14-5-4-6-17(24-14)7-9-23-22(27)20-13-29-21-12-26(10-8-18(20)21)11-19-15(2)25-28-16(19)3/h4-6,13H,7-12H2,1-3H3,(H,23,27). The summed E-state index contributed by atoms with van der Waals surface area (Å²) in [6.45, 7) is 9.16. The third-order valence-electron chi connectivity index (χ3n) is 5.45. The zero-order valence-corrected chi connectivity index (χ0v) is 17.9. The smallest absolute Gasteiger partial charge is 0.252 e. The lowest BCUT2D eigenvalue weighted by atomic mass is 10.0. The monoisotopic (exact) mass is 410 g/mol. The third kappa shape index (κ3) is 4.41. The molecule has 4 heterocycles. The minimum atomic E-state index is 0.0225. The van der Waals surface area contributed by atoms with Crippen LogP contribution in [0.3, 0.4) is 0 Å². The van der Waals surface area contributed by atoms with Crippen molar-refractivity contribution < 1.29 is 9.32 Å². The maximum absolute atomic E-state index is 12.7. The largest absolute Gasteiger partial charge is 0.361 e. The van der Waals surface area contributed by atoms with Crippen molar-refractivity contribution in [2.24, 2.45) is 0 Å². The maximum Gasteiger partial charge on any atom is 0.252 e. The molecule has 0 bridgehead atoms. The highest BCUT2D eigenvalue weighted by Gasteiger charge is 2.25. The van der Waals surface area contributed by atoms with Crippen molar-refractivity contribution in [3.8, 4) is 0 Å². The molecule has 0 spiro atoms. The molecule has 0 aromatic carbocycles. The average Bonchev–Trinajstić information content (AvgIpc) is 3.26. The number of thiophene rings is 1. The van der Waals surface area contributed by atoms with Gasteiger partial charge in [0.15, 0.2) is 0 Å². The molecule has 7 heteroatoms. The predicted molar refractivity (Wildman–Crippen MR) is 113 cm³/mol. The van der Waals surface area contributed by atoms with E-state index >= 15 is 0 Å². The van der Waals surface area contributed by atoms with Gasteiger partial charge in [0.05, 0.1) is 11.3 Å². The Balaban J connectivity index is 1.35. The first-order valence-electron chi connectivity index (χ1n) is 9.95. The van der Waals surface area contributed by atoms with Crippen LogP contribution in [0.1, 0.15) is 49.2 Å². The highest BCUT2D eigenvalue weighted by atomic mass is 32.1. The topological polar surface area (TPSA) is 71.3 Å². The molecule has 1 N–H and O–H groups in total. The number of aryl methyl sites for hydroxylation is 3. The Morgan fingerprint density at radius 3 is 2.93 bits per heavy atom. The summed E-state index contributed by atoms with van der Waals surface area (Å²) in [5.41, 5.74) is 6.18. The van der Waals surface area contributed by atoms with Crippen molar-refractivity contribution in [2.75, 3.05) is 13.1 Å². The molecule has 3 aromatic heterocycles. The van der Waals surface area contributed by atoms with Crippen molar-refractivity contribution in [2.45, 2.75) is 46.7 Å². The van der Waals surface area contributed by atoms with Gasteiger partial charge in [-0.15, -0.1) is 11.3 Å². The second kappa shape index (κ2) is 8.47. The van der Waals surface area contributed by atoms with Crippen LogP contribution in [0.2, 0.25) is 0 Å². The first kappa shape index (κ1) is 19.8. The molecule has 1 amide bonds. The van der Waals surface area contributed by atoms with Gasteiger partial charge in [-0.3, -0.25) is 14.7 Å². The lowest BCUT2D eigenvalue weighted by Gasteiger charge is -2.27. The van der Waals surface area contributed by atoms with Crippen molar-refractivity contribution in [1.82, 2.24) is 20.4 Å². The van der Waals surface area contributed by atoms with Crippen LogP contribution in [0.5, 0.6) is 0 Å². The van der Waals surface area contributed by atoms with Crippen LogP contribution in [0.15, 0.2) is 28.1 Å². The van der Waals surface area contributed by atoms with E-state index in [1.807, 2.05) is 44.4 Å².